The van der Waals surface area contributed by atoms with Crippen LogP contribution in [0.1, 0.15) is 36.8 Å². The number of nitriles is 1. The monoisotopic (exact) mass is 371 g/mol. The number of benzene rings is 1. The summed E-state index contributed by atoms with van der Waals surface area (Å²) < 4.78 is 33.6. The molecule has 1 N–H and O–H groups in total. The Kier molecular flexibility index (Phi) is 5.55. The van der Waals surface area contributed by atoms with Gasteiger partial charge in [0.2, 0.25) is 15.9 Å². The quantitative estimate of drug-likeness (QED) is 0.872. The van der Waals surface area contributed by atoms with E-state index in [1.54, 1.807) is 6.20 Å². The zero-order valence-electron chi connectivity index (χ0n) is 14.6. The number of sulfonamides is 1. The van der Waals surface area contributed by atoms with Gasteiger partial charge in [0.25, 0.3) is 0 Å². The molecule has 6 nitrogen and oxygen atoms in total. The number of nitrogens with one attached hydrogen (secondary N) is 1. The van der Waals surface area contributed by atoms with Crippen molar-refractivity contribution >= 4 is 10.0 Å². The maximum Gasteiger partial charge on any atom is 0.240 e. The number of rotatable bonds is 5. The van der Waals surface area contributed by atoms with Gasteiger partial charge in [-0.1, -0.05) is 6.07 Å². The smallest absolute Gasteiger partial charge is 0.240 e. The Morgan fingerprint density at radius 2 is 1.81 bits per heavy atom. The van der Waals surface area contributed by atoms with Gasteiger partial charge in [-0.3, -0.25) is 0 Å². The molecule has 1 fully saturated rings. The minimum atomic E-state index is -3.58. The van der Waals surface area contributed by atoms with E-state index in [2.05, 4.69) is 9.71 Å². The Hall–Kier alpha value is -2.43. The van der Waals surface area contributed by atoms with Crippen LogP contribution >= 0.6 is 0 Å². The van der Waals surface area contributed by atoms with E-state index in [0.717, 1.165) is 18.4 Å². The summed E-state index contributed by atoms with van der Waals surface area (Å²) in [4.78, 5) is 4.43. The molecule has 1 aromatic heterocycles. The van der Waals surface area contributed by atoms with E-state index in [1.165, 1.54) is 24.3 Å². The molecular formula is C19H21N3O3S. The topological polar surface area (TPSA) is 92.1 Å². The third-order valence-electron chi connectivity index (χ3n) is 4.46. The molecule has 0 unspecified atom stereocenters. The van der Waals surface area contributed by atoms with Crippen molar-refractivity contribution < 1.29 is 13.2 Å². The molecule has 0 atom stereocenters. The second-order valence-electron chi connectivity index (χ2n) is 6.52. The number of hydrogen-bond donors (Lipinski definition) is 1. The molecule has 1 aromatic carbocycles. The summed E-state index contributed by atoms with van der Waals surface area (Å²) in [6.45, 7) is 1.97. The lowest BCUT2D eigenvalue weighted by molar-refractivity contribution is 0.138. The second kappa shape index (κ2) is 7.85. The number of aromatic nitrogens is 1. The Morgan fingerprint density at radius 1 is 1.12 bits per heavy atom. The largest absolute Gasteiger partial charge is 0.474 e. The molecule has 1 aliphatic carbocycles. The number of ether oxygens (including phenoxy) is 1. The van der Waals surface area contributed by atoms with Crippen LogP contribution in [0.4, 0.5) is 0 Å². The molecule has 1 heterocycles. The van der Waals surface area contributed by atoms with Crippen LogP contribution in [-0.2, 0) is 10.0 Å². The van der Waals surface area contributed by atoms with E-state index in [-0.39, 0.29) is 17.0 Å². The van der Waals surface area contributed by atoms with Crippen LogP contribution in [0.15, 0.2) is 47.5 Å². The first-order chi connectivity index (χ1) is 12.5. The minimum Gasteiger partial charge on any atom is -0.474 e. The van der Waals surface area contributed by atoms with Gasteiger partial charge in [0, 0.05) is 18.3 Å². The molecule has 1 aliphatic rings. The highest BCUT2D eigenvalue weighted by Gasteiger charge is 2.26. The highest BCUT2D eigenvalue weighted by atomic mass is 32.2. The van der Waals surface area contributed by atoms with Crippen molar-refractivity contribution in [3.63, 3.8) is 0 Å². The summed E-state index contributed by atoms with van der Waals surface area (Å²) in [5.41, 5.74) is 1.52. The maximum atomic E-state index is 12.5. The molecule has 26 heavy (non-hydrogen) atoms. The number of nitrogens with zero attached hydrogens (tertiary/aromatic N) is 2. The van der Waals surface area contributed by atoms with Crippen LogP contribution in [0, 0.1) is 18.3 Å². The lowest BCUT2D eigenvalue weighted by Crippen LogP contribution is -2.39. The molecule has 0 saturated heterocycles. The summed E-state index contributed by atoms with van der Waals surface area (Å²) in [6.07, 6.45) is 4.80. The fourth-order valence-electron chi connectivity index (χ4n) is 2.99. The Morgan fingerprint density at radius 3 is 2.38 bits per heavy atom. The van der Waals surface area contributed by atoms with Gasteiger partial charge in [-0.2, -0.15) is 5.26 Å². The van der Waals surface area contributed by atoms with Gasteiger partial charge < -0.3 is 4.74 Å². The first-order valence-corrected chi connectivity index (χ1v) is 10.1. The second-order valence-corrected chi connectivity index (χ2v) is 8.24. The Balaban J connectivity index is 1.54. The zero-order valence-corrected chi connectivity index (χ0v) is 15.4. The van der Waals surface area contributed by atoms with Gasteiger partial charge in [-0.05, 0) is 62.4 Å². The average Bonchev–Trinajstić information content (AvgIpc) is 2.65. The Labute approximate surface area is 153 Å². The van der Waals surface area contributed by atoms with Gasteiger partial charge in [0.1, 0.15) is 6.10 Å². The maximum absolute atomic E-state index is 12.5. The van der Waals surface area contributed by atoms with E-state index in [0.29, 0.717) is 24.3 Å². The average molecular weight is 371 g/mol. The molecule has 3 rings (SSSR count). The van der Waals surface area contributed by atoms with Crippen molar-refractivity contribution in [1.82, 2.24) is 9.71 Å². The number of aryl methyl sites for hydroxylation is 1. The summed E-state index contributed by atoms with van der Waals surface area (Å²) in [6, 6.07) is 11.6. The molecule has 0 spiro atoms. The highest BCUT2D eigenvalue weighted by Crippen LogP contribution is 2.24. The zero-order chi connectivity index (χ0) is 18.6. The van der Waals surface area contributed by atoms with Crippen LogP contribution in [0.2, 0.25) is 0 Å². The van der Waals surface area contributed by atoms with E-state index in [4.69, 9.17) is 10.00 Å². The van der Waals surface area contributed by atoms with Gasteiger partial charge in [-0.15, -0.1) is 0 Å². The van der Waals surface area contributed by atoms with Crippen molar-refractivity contribution in [3.8, 4) is 11.9 Å². The summed E-state index contributed by atoms with van der Waals surface area (Å²) in [5, 5.41) is 8.81. The SMILES string of the molecule is Cc1ccc(OC2CCC(NS(=O)(=O)c3ccc(C#N)cc3)CC2)nc1. The fourth-order valence-corrected chi connectivity index (χ4v) is 4.29. The van der Waals surface area contributed by atoms with E-state index >= 15 is 0 Å². The molecule has 2 aromatic rings. The highest BCUT2D eigenvalue weighted by molar-refractivity contribution is 7.89. The summed E-state index contributed by atoms with van der Waals surface area (Å²) in [5.74, 6) is 0.609. The van der Waals surface area contributed by atoms with Crippen LogP contribution in [0.25, 0.3) is 0 Å². The molecule has 0 bridgehead atoms. The third kappa shape index (κ3) is 4.59. The molecule has 136 valence electrons. The molecular weight excluding hydrogens is 350 g/mol. The van der Waals surface area contributed by atoms with Crippen molar-refractivity contribution in [1.29, 1.82) is 5.26 Å². The fraction of sp³-hybridized carbons (Fsp3) is 0.368. The predicted molar refractivity (Wildman–Crippen MR) is 97.1 cm³/mol. The van der Waals surface area contributed by atoms with Gasteiger partial charge >= 0.3 is 0 Å². The Bertz CT molecular complexity index is 879. The van der Waals surface area contributed by atoms with Crippen molar-refractivity contribution in [2.24, 2.45) is 0 Å². The van der Waals surface area contributed by atoms with E-state index < -0.39 is 10.0 Å². The summed E-state index contributed by atoms with van der Waals surface area (Å²) in [7, 11) is -3.58. The standard InChI is InChI=1S/C19H21N3O3S/c1-14-2-11-19(21-13-14)25-17-7-5-16(6-8-17)22-26(23,24)18-9-3-15(12-20)4-10-18/h2-4,9-11,13,16-17,22H,5-8H2,1H3. The molecule has 0 radical (unpaired) electrons. The van der Waals surface area contributed by atoms with Gasteiger partial charge in [-0.25, -0.2) is 18.1 Å². The van der Waals surface area contributed by atoms with E-state index in [1.807, 2.05) is 25.1 Å². The lowest BCUT2D eigenvalue weighted by atomic mass is 9.94. The van der Waals surface area contributed by atoms with Gasteiger partial charge in [0.15, 0.2) is 0 Å². The molecule has 0 aliphatic heterocycles. The van der Waals surface area contributed by atoms with Crippen LogP contribution in [0.5, 0.6) is 5.88 Å². The van der Waals surface area contributed by atoms with Crippen molar-refractivity contribution in [2.75, 3.05) is 0 Å². The predicted octanol–water partition coefficient (Wildman–Crippen LogP) is 2.93. The van der Waals surface area contributed by atoms with Crippen LogP contribution < -0.4 is 9.46 Å². The third-order valence-corrected chi connectivity index (χ3v) is 6.00. The molecule has 1 saturated carbocycles. The number of hydrogen-bond acceptors (Lipinski definition) is 5. The van der Waals surface area contributed by atoms with E-state index in [9.17, 15) is 8.42 Å². The van der Waals surface area contributed by atoms with Gasteiger partial charge in [0.05, 0.1) is 16.5 Å². The first-order valence-electron chi connectivity index (χ1n) is 8.58. The van der Waals surface area contributed by atoms with Crippen LogP contribution in [-0.4, -0.2) is 25.5 Å². The lowest BCUT2D eigenvalue weighted by Gasteiger charge is -2.29. The molecule has 0 amide bonds. The van der Waals surface area contributed by atoms with Crippen molar-refractivity contribution in [3.05, 3.63) is 53.7 Å². The van der Waals surface area contributed by atoms with Crippen LogP contribution in [0.3, 0.4) is 0 Å². The number of pyridine rings is 1. The van der Waals surface area contributed by atoms with Crippen molar-refractivity contribution in [2.45, 2.75) is 49.6 Å². The first kappa shape index (κ1) is 18.4. The summed E-state index contributed by atoms with van der Waals surface area (Å²) >= 11 is 0. The molecule has 7 heteroatoms. The minimum absolute atomic E-state index is 0.0564. The normalized spacial score (nSPS) is 20.3.